The van der Waals surface area contributed by atoms with E-state index in [-0.39, 0.29) is 35.0 Å². The second-order valence-corrected chi connectivity index (χ2v) is 6.91. The van der Waals surface area contributed by atoms with Crippen LogP contribution in [0.2, 0.25) is 0 Å². The van der Waals surface area contributed by atoms with Gasteiger partial charge in [0.15, 0.2) is 0 Å². The van der Waals surface area contributed by atoms with Gasteiger partial charge in [-0.3, -0.25) is 9.59 Å². The van der Waals surface area contributed by atoms with Crippen LogP contribution in [0.3, 0.4) is 0 Å². The second-order valence-electron chi connectivity index (χ2n) is 6.91. The molecule has 0 heterocycles. The van der Waals surface area contributed by atoms with E-state index in [1.165, 1.54) is 13.8 Å². The third kappa shape index (κ3) is 2.49. The minimum absolute atomic E-state index is 0.104. The number of carbonyl (C=O) groups excluding carboxylic acids is 2. The molecule has 2 atom stereocenters. The number of hydrogen-bond donors (Lipinski definition) is 0. The fourth-order valence-corrected chi connectivity index (χ4v) is 4.60. The summed E-state index contributed by atoms with van der Waals surface area (Å²) in [6.45, 7) is 2.83. The molecule has 4 heteroatoms. The van der Waals surface area contributed by atoms with Crippen LogP contribution in [0.1, 0.15) is 52.4 Å². The van der Waals surface area contributed by atoms with Gasteiger partial charge in [-0.25, -0.2) is 0 Å². The van der Waals surface area contributed by atoms with Crippen molar-refractivity contribution in [3.05, 3.63) is 24.3 Å². The maximum Gasteiger partial charge on any atom is 0.303 e. The zero-order valence-electron chi connectivity index (χ0n) is 13.3. The zero-order chi connectivity index (χ0) is 15.8. The van der Waals surface area contributed by atoms with Gasteiger partial charge in [0.2, 0.25) is 0 Å². The van der Waals surface area contributed by atoms with Gasteiger partial charge >= 0.3 is 11.9 Å². The van der Waals surface area contributed by atoms with Crippen LogP contribution in [0.25, 0.3) is 0 Å². The van der Waals surface area contributed by atoms with Gasteiger partial charge in [0.25, 0.3) is 0 Å². The summed E-state index contributed by atoms with van der Waals surface area (Å²) in [6.07, 6.45) is 14.2. The van der Waals surface area contributed by atoms with Gasteiger partial charge in [0.1, 0.15) is 12.2 Å². The van der Waals surface area contributed by atoms with E-state index < -0.39 is 0 Å². The smallest absolute Gasteiger partial charge is 0.303 e. The van der Waals surface area contributed by atoms with Crippen LogP contribution in [0.5, 0.6) is 0 Å². The number of esters is 2. The average Bonchev–Trinajstić information content (AvgIpc) is 2.91. The molecule has 3 aliphatic rings. The first-order valence-electron chi connectivity index (χ1n) is 8.16. The largest absolute Gasteiger partial charge is 0.459 e. The molecule has 0 bridgehead atoms. The Hall–Kier alpha value is -1.58. The molecule has 3 rings (SSSR count). The van der Waals surface area contributed by atoms with Gasteiger partial charge in [0, 0.05) is 19.3 Å². The van der Waals surface area contributed by atoms with Crippen LogP contribution in [0.15, 0.2) is 24.3 Å². The Morgan fingerprint density at radius 3 is 1.91 bits per heavy atom. The van der Waals surface area contributed by atoms with Crippen molar-refractivity contribution in [1.82, 2.24) is 0 Å². The number of rotatable bonds is 2. The van der Waals surface area contributed by atoms with Gasteiger partial charge in [-0.1, -0.05) is 24.3 Å². The minimum Gasteiger partial charge on any atom is -0.459 e. The van der Waals surface area contributed by atoms with Crippen molar-refractivity contribution in [2.45, 2.75) is 64.6 Å². The topological polar surface area (TPSA) is 52.6 Å². The maximum absolute atomic E-state index is 11.4. The summed E-state index contributed by atoms with van der Waals surface area (Å²) in [5.74, 6) is -0.615. The summed E-state index contributed by atoms with van der Waals surface area (Å²) >= 11 is 0. The predicted octanol–water partition coefficient (Wildman–Crippen LogP) is 3.32. The highest BCUT2D eigenvalue weighted by molar-refractivity contribution is 5.67. The van der Waals surface area contributed by atoms with Gasteiger partial charge in [-0.2, -0.15) is 0 Å². The summed E-state index contributed by atoms with van der Waals surface area (Å²) in [5.41, 5.74) is 0.346. The number of allylic oxidation sites excluding steroid dienone is 4. The van der Waals surface area contributed by atoms with E-state index in [9.17, 15) is 9.59 Å². The van der Waals surface area contributed by atoms with Crippen LogP contribution in [0, 0.1) is 10.8 Å². The molecule has 120 valence electrons. The first-order chi connectivity index (χ1) is 10.5. The molecule has 4 nitrogen and oxygen atoms in total. The molecule has 0 aromatic carbocycles. The first kappa shape index (κ1) is 15.3. The van der Waals surface area contributed by atoms with E-state index in [1.807, 2.05) is 0 Å². The predicted molar refractivity (Wildman–Crippen MR) is 82.0 cm³/mol. The van der Waals surface area contributed by atoms with Crippen molar-refractivity contribution in [1.29, 1.82) is 0 Å². The van der Waals surface area contributed by atoms with Gasteiger partial charge < -0.3 is 9.47 Å². The third-order valence-electron chi connectivity index (χ3n) is 5.63. The van der Waals surface area contributed by atoms with Crippen LogP contribution < -0.4 is 0 Å². The van der Waals surface area contributed by atoms with E-state index in [2.05, 4.69) is 24.3 Å². The number of ether oxygens (including phenoxy) is 2. The monoisotopic (exact) mass is 304 g/mol. The minimum atomic E-state index is -0.336. The summed E-state index contributed by atoms with van der Waals surface area (Å²) in [7, 11) is 0. The van der Waals surface area contributed by atoms with Crippen LogP contribution in [-0.2, 0) is 19.1 Å². The Morgan fingerprint density at radius 1 is 0.909 bits per heavy atom. The SMILES string of the molecule is CC(=O)OC1CCC23C=CCC2(CC=C3)CCC1OC(C)=O. The molecule has 3 aliphatic carbocycles. The molecule has 0 saturated heterocycles. The molecule has 0 aromatic heterocycles. The molecule has 1 saturated carbocycles. The lowest BCUT2D eigenvalue weighted by atomic mass is 9.61. The van der Waals surface area contributed by atoms with Crippen molar-refractivity contribution < 1.29 is 19.1 Å². The standard InChI is InChI=1S/C18H24O4/c1-13(19)21-15-5-11-17-7-3-9-18(17,10-4-8-17)12-6-16(15)22-14(2)20/h3-4,7-8,15-16H,5-6,9-12H2,1-2H3. The summed E-state index contributed by atoms with van der Waals surface area (Å²) in [4.78, 5) is 22.8. The molecule has 0 aromatic rings. The van der Waals surface area contributed by atoms with Crippen LogP contribution in [0.4, 0.5) is 0 Å². The molecule has 0 amide bonds. The molecule has 0 spiro atoms. The lowest BCUT2D eigenvalue weighted by Gasteiger charge is -2.44. The van der Waals surface area contributed by atoms with Crippen molar-refractivity contribution in [3.63, 3.8) is 0 Å². The van der Waals surface area contributed by atoms with E-state index in [4.69, 9.17) is 9.47 Å². The highest BCUT2D eigenvalue weighted by atomic mass is 16.6. The lowest BCUT2D eigenvalue weighted by Crippen LogP contribution is -2.42. The van der Waals surface area contributed by atoms with Gasteiger partial charge in [0.05, 0.1) is 0 Å². The molecule has 22 heavy (non-hydrogen) atoms. The van der Waals surface area contributed by atoms with Crippen molar-refractivity contribution in [2.24, 2.45) is 10.8 Å². The summed E-state index contributed by atoms with van der Waals surface area (Å²) < 4.78 is 10.9. The highest BCUT2D eigenvalue weighted by Crippen LogP contribution is 2.62. The lowest BCUT2D eigenvalue weighted by molar-refractivity contribution is -0.169. The number of carbonyl (C=O) groups is 2. The van der Waals surface area contributed by atoms with E-state index in [0.29, 0.717) is 0 Å². The van der Waals surface area contributed by atoms with E-state index in [0.717, 1.165) is 38.5 Å². The number of hydrogen-bond acceptors (Lipinski definition) is 4. The van der Waals surface area contributed by atoms with Crippen molar-refractivity contribution in [2.75, 3.05) is 0 Å². The summed E-state index contributed by atoms with van der Waals surface area (Å²) in [5, 5.41) is 0. The normalized spacial score (nSPS) is 39.5. The molecule has 2 unspecified atom stereocenters. The Bertz CT molecular complexity index is 515. The molecule has 0 radical (unpaired) electrons. The Balaban J connectivity index is 1.83. The Labute approximate surface area is 131 Å². The Kier molecular flexibility index (Phi) is 3.87. The van der Waals surface area contributed by atoms with Crippen molar-refractivity contribution >= 4 is 11.9 Å². The van der Waals surface area contributed by atoms with Crippen molar-refractivity contribution in [3.8, 4) is 0 Å². The zero-order valence-corrected chi connectivity index (χ0v) is 13.3. The van der Waals surface area contributed by atoms with Crippen LogP contribution in [-0.4, -0.2) is 24.1 Å². The average molecular weight is 304 g/mol. The quantitative estimate of drug-likeness (QED) is 0.580. The molecular weight excluding hydrogens is 280 g/mol. The van der Waals surface area contributed by atoms with E-state index in [1.54, 1.807) is 0 Å². The van der Waals surface area contributed by atoms with E-state index >= 15 is 0 Å². The maximum atomic E-state index is 11.4. The molecule has 0 aliphatic heterocycles. The summed E-state index contributed by atoms with van der Waals surface area (Å²) in [6, 6.07) is 0. The Morgan fingerprint density at radius 2 is 1.41 bits per heavy atom. The van der Waals surface area contributed by atoms with Crippen LogP contribution >= 0.6 is 0 Å². The highest BCUT2D eigenvalue weighted by Gasteiger charge is 2.53. The molecular formula is C18H24O4. The molecule has 1 fully saturated rings. The third-order valence-corrected chi connectivity index (χ3v) is 5.63. The fraction of sp³-hybridized carbons (Fsp3) is 0.667. The fourth-order valence-electron chi connectivity index (χ4n) is 4.60. The molecule has 0 N–H and O–H groups in total. The van der Waals surface area contributed by atoms with Gasteiger partial charge in [-0.15, -0.1) is 0 Å². The second kappa shape index (κ2) is 5.56. The first-order valence-corrected chi connectivity index (χ1v) is 8.16. The van der Waals surface area contributed by atoms with Gasteiger partial charge in [-0.05, 0) is 43.9 Å².